The first-order valence-electron chi connectivity index (χ1n) is 5.64. The summed E-state index contributed by atoms with van der Waals surface area (Å²) < 4.78 is 0. The molecule has 0 radical (unpaired) electrons. The van der Waals surface area contributed by atoms with Crippen LogP contribution in [0.5, 0.6) is 0 Å². The van der Waals surface area contributed by atoms with Crippen LogP contribution in [0, 0.1) is 0 Å². The van der Waals surface area contributed by atoms with Crippen LogP contribution in [0.3, 0.4) is 0 Å². The molecule has 2 heteroatoms. The Bertz CT molecular complexity index is 587. The van der Waals surface area contributed by atoms with Crippen molar-refractivity contribution in [3.63, 3.8) is 0 Å². The SMILES string of the molecule is O=C1[NH+]=CC(c2ccccc2)c2ccccc21. The molecule has 1 aliphatic rings. The van der Waals surface area contributed by atoms with E-state index in [0.717, 1.165) is 11.1 Å². The highest BCUT2D eigenvalue weighted by atomic mass is 16.1. The van der Waals surface area contributed by atoms with Gasteiger partial charge < -0.3 is 0 Å². The number of carbonyl (C=O) groups excluding carboxylic acids is 1. The zero-order valence-electron chi connectivity index (χ0n) is 9.26. The van der Waals surface area contributed by atoms with Gasteiger partial charge in [0.1, 0.15) is 0 Å². The van der Waals surface area contributed by atoms with E-state index in [2.05, 4.69) is 17.1 Å². The quantitative estimate of drug-likeness (QED) is 0.770. The number of hydrogen-bond donors (Lipinski definition) is 1. The lowest BCUT2D eigenvalue weighted by molar-refractivity contribution is -0.342. The normalized spacial score (nSPS) is 17.9. The van der Waals surface area contributed by atoms with Crippen LogP contribution in [0.15, 0.2) is 54.6 Å². The topological polar surface area (TPSA) is 31.0 Å². The molecule has 0 aromatic heterocycles. The number of fused-ring (bicyclic) bond motifs is 1. The molecule has 0 fully saturated rings. The fraction of sp³-hybridized carbons (Fsp3) is 0.0667. The summed E-state index contributed by atoms with van der Waals surface area (Å²) in [7, 11) is 0. The first-order chi connectivity index (χ1) is 8.36. The van der Waals surface area contributed by atoms with Gasteiger partial charge in [-0.1, -0.05) is 48.5 Å². The smallest absolute Gasteiger partial charge is 0.214 e. The predicted octanol–water partition coefficient (Wildman–Crippen LogP) is 1.12. The summed E-state index contributed by atoms with van der Waals surface area (Å²) in [5.74, 6) is 0.123. The molecule has 1 unspecified atom stereocenters. The van der Waals surface area contributed by atoms with Gasteiger partial charge in [-0.25, -0.2) is 4.79 Å². The van der Waals surface area contributed by atoms with Gasteiger partial charge in [0.25, 0.3) is 0 Å². The molecule has 0 saturated heterocycles. The summed E-state index contributed by atoms with van der Waals surface area (Å²) in [4.78, 5) is 14.5. The van der Waals surface area contributed by atoms with Crippen molar-refractivity contribution in [1.29, 1.82) is 0 Å². The Balaban J connectivity index is 2.15. The van der Waals surface area contributed by atoms with Crippen LogP contribution in [-0.2, 0) is 0 Å². The number of benzene rings is 2. The molecule has 0 saturated carbocycles. The number of hydrogen-bond acceptors (Lipinski definition) is 1. The summed E-state index contributed by atoms with van der Waals surface area (Å²) in [6.45, 7) is 0. The average molecular weight is 222 g/mol. The summed E-state index contributed by atoms with van der Waals surface area (Å²) >= 11 is 0. The zero-order chi connectivity index (χ0) is 11.7. The van der Waals surface area contributed by atoms with E-state index >= 15 is 0 Å². The number of nitrogens with one attached hydrogen (secondary N) is 1. The summed E-state index contributed by atoms with van der Waals surface area (Å²) in [6.07, 6.45) is 1.86. The third-order valence-electron chi connectivity index (χ3n) is 3.08. The highest BCUT2D eigenvalue weighted by Crippen LogP contribution is 2.25. The van der Waals surface area contributed by atoms with E-state index in [9.17, 15) is 4.79 Å². The Morgan fingerprint density at radius 1 is 0.882 bits per heavy atom. The van der Waals surface area contributed by atoms with E-state index < -0.39 is 0 Å². The molecule has 1 atom stereocenters. The van der Waals surface area contributed by atoms with E-state index in [0.29, 0.717) is 0 Å². The lowest BCUT2D eigenvalue weighted by atomic mass is 9.87. The van der Waals surface area contributed by atoms with Gasteiger partial charge >= 0.3 is 5.91 Å². The van der Waals surface area contributed by atoms with E-state index in [1.807, 2.05) is 48.7 Å². The molecular weight excluding hydrogens is 210 g/mol. The minimum Gasteiger partial charge on any atom is -0.214 e. The molecule has 0 spiro atoms. The second-order valence-electron chi connectivity index (χ2n) is 4.12. The van der Waals surface area contributed by atoms with Crippen molar-refractivity contribution in [2.75, 3.05) is 0 Å². The van der Waals surface area contributed by atoms with E-state index in [-0.39, 0.29) is 11.8 Å². The van der Waals surface area contributed by atoms with Crippen LogP contribution >= 0.6 is 0 Å². The fourth-order valence-electron chi connectivity index (χ4n) is 2.24. The highest BCUT2D eigenvalue weighted by molar-refractivity contribution is 5.95. The van der Waals surface area contributed by atoms with E-state index in [4.69, 9.17) is 0 Å². The summed E-state index contributed by atoms with van der Waals surface area (Å²) in [5, 5.41) is 0. The fourth-order valence-corrected chi connectivity index (χ4v) is 2.24. The van der Waals surface area contributed by atoms with Crippen LogP contribution in [0.4, 0.5) is 0 Å². The molecule has 1 amide bonds. The molecule has 82 valence electrons. The van der Waals surface area contributed by atoms with Crippen molar-refractivity contribution in [1.82, 2.24) is 0 Å². The second-order valence-corrected chi connectivity index (χ2v) is 4.12. The standard InChI is InChI=1S/C15H11NO/c17-15-13-9-5-4-8-12(13)14(10-16-15)11-6-2-1-3-7-11/h1-10,14H/p+1. The molecule has 1 N–H and O–H groups in total. The van der Waals surface area contributed by atoms with Crippen molar-refractivity contribution in [2.45, 2.75) is 5.92 Å². The Labute approximate surface area is 99.6 Å². The highest BCUT2D eigenvalue weighted by Gasteiger charge is 2.27. The third kappa shape index (κ3) is 1.68. The van der Waals surface area contributed by atoms with E-state index in [1.54, 1.807) is 0 Å². The molecule has 2 aromatic carbocycles. The molecular formula is C15H12NO+. The Morgan fingerprint density at radius 2 is 1.59 bits per heavy atom. The molecule has 3 rings (SSSR count). The predicted molar refractivity (Wildman–Crippen MR) is 66.1 cm³/mol. The second kappa shape index (κ2) is 3.98. The van der Waals surface area contributed by atoms with Crippen LogP contribution in [0.1, 0.15) is 27.4 Å². The van der Waals surface area contributed by atoms with Gasteiger partial charge in [-0.3, -0.25) is 0 Å². The number of amides is 1. The summed E-state index contributed by atoms with van der Waals surface area (Å²) in [6, 6.07) is 17.9. The first-order valence-corrected chi connectivity index (χ1v) is 5.64. The van der Waals surface area contributed by atoms with Crippen molar-refractivity contribution >= 4 is 12.1 Å². The maximum atomic E-state index is 11.7. The molecule has 2 nitrogen and oxygen atoms in total. The largest absolute Gasteiger partial charge is 0.417 e. The maximum Gasteiger partial charge on any atom is 0.417 e. The van der Waals surface area contributed by atoms with Crippen molar-refractivity contribution in [3.05, 3.63) is 71.3 Å². The molecule has 1 heterocycles. The Kier molecular flexibility index (Phi) is 2.33. The summed E-state index contributed by atoms with van der Waals surface area (Å²) in [5.41, 5.74) is 3.03. The monoisotopic (exact) mass is 222 g/mol. The number of carbonyl (C=O) groups is 1. The van der Waals surface area contributed by atoms with Crippen LogP contribution in [0.25, 0.3) is 0 Å². The van der Waals surface area contributed by atoms with Gasteiger partial charge in [0.15, 0.2) is 6.21 Å². The molecule has 1 aliphatic heterocycles. The van der Waals surface area contributed by atoms with Crippen molar-refractivity contribution < 1.29 is 9.79 Å². The molecule has 17 heavy (non-hydrogen) atoms. The van der Waals surface area contributed by atoms with Gasteiger partial charge in [0, 0.05) is 0 Å². The lowest BCUT2D eigenvalue weighted by Crippen LogP contribution is -2.76. The molecule has 2 aromatic rings. The Hall–Kier alpha value is -2.22. The maximum absolute atomic E-state index is 11.7. The molecule has 0 aliphatic carbocycles. The molecule has 0 bridgehead atoms. The third-order valence-corrected chi connectivity index (χ3v) is 3.08. The minimum atomic E-state index is -0.0206. The zero-order valence-corrected chi connectivity index (χ0v) is 9.26. The number of rotatable bonds is 1. The average Bonchev–Trinajstić information content (AvgIpc) is 2.41. The first kappa shape index (κ1) is 9.97. The van der Waals surface area contributed by atoms with E-state index in [1.165, 1.54) is 5.56 Å². The van der Waals surface area contributed by atoms with Crippen molar-refractivity contribution in [2.24, 2.45) is 0 Å². The van der Waals surface area contributed by atoms with Crippen molar-refractivity contribution in [3.8, 4) is 0 Å². The van der Waals surface area contributed by atoms with Gasteiger partial charge in [-0.2, -0.15) is 4.99 Å². The van der Waals surface area contributed by atoms with Gasteiger partial charge in [-0.15, -0.1) is 0 Å². The van der Waals surface area contributed by atoms with Gasteiger partial charge in [-0.05, 0) is 17.2 Å². The van der Waals surface area contributed by atoms with Crippen LogP contribution in [0.2, 0.25) is 0 Å². The Morgan fingerprint density at radius 3 is 2.41 bits per heavy atom. The van der Waals surface area contributed by atoms with Crippen LogP contribution < -0.4 is 4.99 Å². The van der Waals surface area contributed by atoms with Gasteiger partial charge in [0.05, 0.1) is 11.5 Å². The van der Waals surface area contributed by atoms with Crippen LogP contribution in [-0.4, -0.2) is 12.1 Å². The lowest BCUT2D eigenvalue weighted by Gasteiger charge is -2.15. The van der Waals surface area contributed by atoms with Gasteiger partial charge in [0.2, 0.25) is 0 Å². The minimum absolute atomic E-state index is 0.0206.